The van der Waals surface area contributed by atoms with Crippen molar-refractivity contribution in [2.75, 3.05) is 20.8 Å². The Morgan fingerprint density at radius 1 is 1.34 bits per heavy atom. The Balaban J connectivity index is 2.26. The van der Waals surface area contributed by atoms with E-state index in [-0.39, 0.29) is 0 Å². The van der Waals surface area contributed by atoms with Gasteiger partial charge in [-0.3, -0.25) is 4.90 Å². The summed E-state index contributed by atoms with van der Waals surface area (Å²) in [7, 11) is 3.73. The fourth-order valence-corrected chi connectivity index (χ4v) is 3.33. The number of carbonyl (C=O) groups excluding carboxylic acids is 1. The summed E-state index contributed by atoms with van der Waals surface area (Å²) in [6.07, 6.45) is 0.426. The number of amides is 1. The topological polar surface area (TPSA) is 54.4 Å². The molecule has 1 fully saturated rings. The zero-order chi connectivity index (χ0) is 22.0. The summed E-state index contributed by atoms with van der Waals surface area (Å²) in [5, 5.41) is 0. The number of ether oxygens (including phenoxy) is 2. The highest BCUT2D eigenvalue weighted by atomic mass is 32.1. The number of nitrogens with zero attached hydrogens (tertiary/aromatic N) is 3. The highest BCUT2D eigenvalue weighted by molar-refractivity contribution is 7.80. The van der Waals surface area contributed by atoms with Gasteiger partial charge < -0.3 is 14.4 Å². The van der Waals surface area contributed by atoms with E-state index in [0.29, 0.717) is 4.99 Å². The van der Waals surface area contributed by atoms with Gasteiger partial charge in [-0.15, -0.1) is 0 Å². The molecule has 1 aromatic carbocycles. The van der Waals surface area contributed by atoms with Crippen LogP contribution >= 0.6 is 12.2 Å². The van der Waals surface area contributed by atoms with Gasteiger partial charge in [0.25, 0.3) is 0 Å². The molecule has 2 unspecified atom stereocenters. The molecule has 1 aromatic rings. The van der Waals surface area contributed by atoms with E-state index in [9.17, 15) is 9.18 Å². The lowest BCUT2D eigenvalue weighted by atomic mass is 10.0. The van der Waals surface area contributed by atoms with Crippen LogP contribution in [0.2, 0.25) is 0 Å². The molecule has 1 heterocycles. The zero-order valence-electron chi connectivity index (χ0n) is 18.1. The van der Waals surface area contributed by atoms with E-state index in [1.165, 1.54) is 4.90 Å². The van der Waals surface area contributed by atoms with Gasteiger partial charge in [0.05, 0.1) is 12.4 Å². The van der Waals surface area contributed by atoms with Crippen molar-refractivity contribution in [3.05, 3.63) is 35.4 Å². The Morgan fingerprint density at radius 3 is 2.41 bits per heavy atom. The second-order valence-corrected chi connectivity index (χ2v) is 9.08. The Kier molecular flexibility index (Phi) is 7.01. The molecule has 0 aromatic heterocycles. The smallest absolute Gasteiger partial charge is 0.413 e. The monoisotopic (exact) mass is 423 g/mol. The summed E-state index contributed by atoms with van der Waals surface area (Å²) < 4.78 is 25.6. The normalized spacial score (nSPS) is 21.4. The van der Waals surface area contributed by atoms with Crippen LogP contribution in [0.15, 0.2) is 29.3 Å². The van der Waals surface area contributed by atoms with Crippen molar-refractivity contribution in [1.82, 2.24) is 9.80 Å². The second-order valence-electron chi connectivity index (χ2n) is 8.69. The minimum atomic E-state index is -1.01. The number of halogens is 1. The van der Waals surface area contributed by atoms with E-state index in [0.717, 1.165) is 11.1 Å². The van der Waals surface area contributed by atoms with Gasteiger partial charge >= 0.3 is 6.09 Å². The average Bonchev–Trinajstić information content (AvgIpc) is 2.88. The molecule has 1 aliphatic rings. The molecule has 160 valence electrons. The van der Waals surface area contributed by atoms with Crippen molar-refractivity contribution >= 4 is 29.6 Å². The number of rotatable bonds is 4. The highest BCUT2D eigenvalue weighted by Crippen LogP contribution is 2.42. The molecule has 0 saturated carbocycles. The molecule has 0 N–H and O–H groups in total. The van der Waals surface area contributed by atoms with E-state index in [2.05, 4.69) is 4.99 Å². The fraction of sp³-hybridized carbons (Fsp3) is 0.571. The maximum Gasteiger partial charge on any atom is 0.413 e. The number of aliphatic imine (C=N–C) groups is 1. The first-order valence-corrected chi connectivity index (χ1v) is 9.87. The van der Waals surface area contributed by atoms with Gasteiger partial charge in [0.1, 0.15) is 29.1 Å². The quantitative estimate of drug-likeness (QED) is 0.410. The molecule has 0 bridgehead atoms. The van der Waals surface area contributed by atoms with Crippen LogP contribution in [-0.4, -0.2) is 65.4 Å². The first-order chi connectivity index (χ1) is 13.4. The Hall–Kier alpha value is -2.06. The van der Waals surface area contributed by atoms with Gasteiger partial charge in [-0.1, -0.05) is 36.5 Å². The molecular weight excluding hydrogens is 393 g/mol. The molecule has 2 atom stereocenters. The SMILES string of the molecule is CN(C)C=NC(=S)c1ccc(C2OC(C)(C)N(C(=O)OC(C)(C)C)C2CF)cc1. The molecule has 0 radical (unpaired) electrons. The molecule has 2 rings (SSSR count). The molecule has 29 heavy (non-hydrogen) atoms. The first-order valence-electron chi connectivity index (χ1n) is 9.47. The van der Waals surface area contributed by atoms with Gasteiger partial charge in [0.15, 0.2) is 0 Å². The highest BCUT2D eigenvalue weighted by Gasteiger charge is 2.51. The van der Waals surface area contributed by atoms with E-state index in [1.807, 2.05) is 38.4 Å². The maximum absolute atomic E-state index is 14.0. The van der Waals surface area contributed by atoms with E-state index < -0.39 is 36.2 Å². The summed E-state index contributed by atoms with van der Waals surface area (Å²) in [6.45, 7) is 8.05. The second kappa shape index (κ2) is 8.75. The van der Waals surface area contributed by atoms with E-state index >= 15 is 0 Å². The Labute approximate surface area is 177 Å². The van der Waals surface area contributed by atoms with Gasteiger partial charge in [0.2, 0.25) is 0 Å². The van der Waals surface area contributed by atoms with Gasteiger partial charge in [-0.05, 0) is 40.2 Å². The fourth-order valence-electron chi connectivity index (χ4n) is 3.15. The third kappa shape index (κ3) is 5.73. The standard InChI is InChI=1S/C21H30FN3O3S/c1-20(2,3)28-19(26)25-16(12-22)17(27-21(25,4)5)14-8-10-15(11-9-14)18(29)23-13-24(6)7/h8-11,13,16-17H,12H2,1-7H3. The van der Waals surface area contributed by atoms with Gasteiger partial charge in [-0.25, -0.2) is 14.2 Å². The van der Waals surface area contributed by atoms with Crippen molar-refractivity contribution in [3.8, 4) is 0 Å². The molecular formula is C21H30FN3O3S. The molecule has 6 nitrogen and oxygen atoms in total. The van der Waals surface area contributed by atoms with Crippen molar-refractivity contribution in [2.24, 2.45) is 4.99 Å². The molecule has 1 saturated heterocycles. The third-order valence-corrected chi connectivity index (χ3v) is 4.66. The van der Waals surface area contributed by atoms with Crippen LogP contribution in [0.25, 0.3) is 0 Å². The summed E-state index contributed by atoms with van der Waals surface area (Å²) in [5.41, 5.74) is -0.153. The largest absolute Gasteiger partial charge is 0.444 e. The molecule has 0 spiro atoms. The minimum Gasteiger partial charge on any atom is -0.444 e. The van der Waals surface area contributed by atoms with Gasteiger partial charge in [0, 0.05) is 19.7 Å². The lowest BCUT2D eigenvalue weighted by molar-refractivity contribution is -0.0797. The molecule has 0 aliphatic carbocycles. The maximum atomic E-state index is 14.0. The van der Waals surface area contributed by atoms with Crippen molar-refractivity contribution < 1.29 is 18.7 Å². The Bertz CT molecular complexity index is 772. The van der Waals surface area contributed by atoms with Crippen molar-refractivity contribution in [2.45, 2.75) is 58.1 Å². The van der Waals surface area contributed by atoms with Crippen molar-refractivity contribution in [1.29, 1.82) is 0 Å². The zero-order valence-corrected chi connectivity index (χ0v) is 18.9. The van der Waals surface area contributed by atoms with Gasteiger partial charge in [-0.2, -0.15) is 0 Å². The Morgan fingerprint density at radius 2 is 1.93 bits per heavy atom. The number of alkyl halides is 1. The summed E-state index contributed by atoms with van der Waals surface area (Å²) in [5.74, 6) is 0. The van der Waals surface area contributed by atoms with Crippen LogP contribution in [0.1, 0.15) is 51.8 Å². The van der Waals surface area contributed by atoms with Crippen LogP contribution in [0.4, 0.5) is 9.18 Å². The van der Waals surface area contributed by atoms with Crippen LogP contribution in [0.3, 0.4) is 0 Å². The lowest BCUT2D eigenvalue weighted by Gasteiger charge is -2.34. The van der Waals surface area contributed by atoms with E-state index in [4.69, 9.17) is 21.7 Å². The lowest BCUT2D eigenvalue weighted by Crippen LogP contribution is -2.50. The minimum absolute atomic E-state index is 0.454. The average molecular weight is 424 g/mol. The summed E-state index contributed by atoms with van der Waals surface area (Å²) in [6, 6.07) is 6.52. The third-order valence-electron chi connectivity index (χ3n) is 4.32. The predicted octanol–water partition coefficient (Wildman–Crippen LogP) is 4.33. The molecule has 8 heteroatoms. The van der Waals surface area contributed by atoms with Crippen LogP contribution in [0.5, 0.6) is 0 Å². The summed E-state index contributed by atoms with van der Waals surface area (Å²) in [4.78, 5) is 20.5. The number of thiocarbonyl (C=S) groups is 1. The number of hydrogen-bond acceptors (Lipinski definition) is 4. The molecule has 1 aliphatic heterocycles. The number of benzene rings is 1. The predicted molar refractivity (Wildman–Crippen MR) is 116 cm³/mol. The number of carbonyl (C=O) groups is 1. The van der Waals surface area contributed by atoms with Crippen LogP contribution in [-0.2, 0) is 9.47 Å². The summed E-state index contributed by atoms with van der Waals surface area (Å²) >= 11 is 5.32. The molecule has 1 amide bonds. The first kappa shape index (κ1) is 23.2. The number of hydrogen-bond donors (Lipinski definition) is 0. The van der Waals surface area contributed by atoms with Crippen molar-refractivity contribution in [3.63, 3.8) is 0 Å². The van der Waals surface area contributed by atoms with E-state index in [1.54, 1.807) is 45.9 Å². The van der Waals surface area contributed by atoms with Crippen LogP contribution in [0, 0.1) is 0 Å². The van der Waals surface area contributed by atoms with Crippen LogP contribution < -0.4 is 0 Å².